The van der Waals surface area contributed by atoms with E-state index in [1.54, 1.807) is 27.4 Å². The van der Waals surface area contributed by atoms with E-state index < -0.39 is 22.8 Å². The highest BCUT2D eigenvalue weighted by Gasteiger charge is 2.56. The predicted octanol–water partition coefficient (Wildman–Crippen LogP) is 11.7. The molecule has 1 saturated carbocycles. The van der Waals surface area contributed by atoms with E-state index in [0.29, 0.717) is 43.1 Å². The lowest BCUT2D eigenvalue weighted by atomic mass is 9.52. The van der Waals surface area contributed by atoms with E-state index >= 15 is 0 Å². The molecule has 1 spiro atoms. The minimum atomic E-state index is -4.49. The van der Waals surface area contributed by atoms with Crippen LogP contribution in [0.25, 0.3) is 28.0 Å². The Kier molecular flexibility index (Phi) is 7.73. The van der Waals surface area contributed by atoms with Gasteiger partial charge in [-0.15, -0.1) is 0 Å². The maximum Gasteiger partial charge on any atom is 0.416 e. The largest absolute Gasteiger partial charge is 0.497 e. The Morgan fingerprint density at radius 2 is 1.33 bits per heavy atom. The number of methoxy groups -OCH3 is 3. The van der Waals surface area contributed by atoms with Crippen molar-refractivity contribution in [2.45, 2.75) is 70.6 Å². The van der Waals surface area contributed by atoms with Crippen LogP contribution in [-0.2, 0) is 23.6 Å². The van der Waals surface area contributed by atoms with Crippen molar-refractivity contribution >= 4 is 16.8 Å². The smallest absolute Gasteiger partial charge is 0.416 e. The van der Waals surface area contributed by atoms with Crippen LogP contribution >= 0.6 is 0 Å². The molecule has 55 heavy (non-hydrogen) atoms. The summed E-state index contributed by atoms with van der Waals surface area (Å²) in [5.74, 6) is 3.38. The van der Waals surface area contributed by atoms with E-state index in [9.17, 15) is 13.2 Å². The average molecular weight is 747 g/mol. The second-order valence-electron chi connectivity index (χ2n) is 17.2. The Morgan fingerprint density at radius 1 is 0.709 bits per heavy atom. The first-order valence-corrected chi connectivity index (χ1v) is 18.9. The molecule has 8 heteroatoms. The molecule has 0 unspecified atom stereocenters. The second-order valence-corrected chi connectivity index (χ2v) is 17.2. The zero-order valence-corrected chi connectivity index (χ0v) is 32.3. The molecular weight excluding hydrogens is 702 g/mol. The summed E-state index contributed by atoms with van der Waals surface area (Å²) in [7, 11) is 4.92. The van der Waals surface area contributed by atoms with E-state index in [-0.39, 0.29) is 10.8 Å². The quantitative estimate of drug-likeness (QED) is 0.179. The maximum absolute atomic E-state index is 14.7. The zero-order valence-electron chi connectivity index (χ0n) is 32.3. The monoisotopic (exact) mass is 746 g/mol. The summed E-state index contributed by atoms with van der Waals surface area (Å²) < 4.78 is 74.9. The minimum Gasteiger partial charge on any atom is -0.497 e. The molecule has 0 aromatic heterocycles. The van der Waals surface area contributed by atoms with E-state index in [0.717, 1.165) is 73.2 Å². The summed E-state index contributed by atoms with van der Waals surface area (Å²) in [5, 5.41) is 1.79. The van der Waals surface area contributed by atoms with E-state index in [2.05, 4.69) is 39.8 Å². The molecule has 0 amide bonds. The Labute approximate surface area is 320 Å². The zero-order chi connectivity index (χ0) is 38.7. The van der Waals surface area contributed by atoms with Crippen molar-refractivity contribution < 1.29 is 36.9 Å². The van der Waals surface area contributed by atoms with E-state index in [1.807, 2.05) is 54.6 Å². The van der Waals surface area contributed by atoms with Gasteiger partial charge in [0.15, 0.2) is 17.1 Å². The summed E-state index contributed by atoms with van der Waals surface area (Å²) >= 11 is 0. The Bertz CT molecular complexity index is 2340. The third kappa shape index (κ3) is 5.26. The molecule has 1 fully saturated rings. The van der Waals surface area contributed by atoms with Crippen LogP contribution in [0.4, 0.5) is 13.2 Å². The van der Waals surface area contributed by atoms with Crippen LogP contribution in [0, 0.1) is 10.8 Å². The highest BCUT2D eigenvalue weighted by molar-refractivity contribution is 6.11. The standard InChI is InChI=1S/C47H45F3O5/c1-43(2)24-44(3,4)26-45(25-43)36-22-29(47(48,49)50)12-17-32(36)39-38-33-19-21-54-42(33)37(53-7)23-35(38)41-34(40(39)45)18-20-46(55-41,27-8-13-30(51-5)14-9-27)28-10-15-31(52-6)16-11-28/h8-18,20,22-23H,19,21,24-26H2,1-7H3. The minimum absolute atomic E-state index is 0.170. The van der Waals surface area contributed by atoms with Gasteiger partial charge in [-0.1, -0.05) is 64.1 Å². The fourth-order valence-electron chi connectivity index (χ4n) is 11.0. The van der Waals surface area contributed by atoms with Crippen LogP contribution < -0.4 is 23.7 Å². The van der Waals surface area contributed by atoms with Gasteiger partial charge in [0.1, 0.15) is 17.2 Å². The van der Waals surface area contributed by atoms with Gasteiger partial charge >= 0.3 is 6.18 Å². The molecule has 2 aliphatic carbocycles. The highest BCUT2D eigenvalue weighted by atomic mass is 19.4. The molecule has 284 valence electrons. The van der Waals surface area contributed by atoms with Gasteiger partial charge in [-0.05, 0) is 101 Å². The number of fused-ring (bicyclic) bond motifs is 12. The molecule has 5 aromatic carbocycles. The first-order valence-electron chi connectivity index (χ1n) is 18.9. The molecule has 9 rings (SSSR count). The molecule has 4 aliphatic rings. The van der Waals surface area contributed by atoms with Gasteiger partial charge in [0.05, 0.1) is 33.5 Å². The molecular formula is C47H45F3O5. The number of hydrogen-bond acceptors (Lipinski definition) is 5. The molecule has 0 saturated heterocycles. The van der Waals surface area contributed by atoms with Crippen LogP contribution in [0.5, 0.6) is 28.7 Å². The third-order valence-electron chi connectivity index (χ3n) is 12.3. The lowest BCUT2D eigenvalue weighted by molar-refractivity contribution is -0.137. The van der Waals surface area contributed by atoms with Crippen molar-refractivity contribution in [3.8, 4) is 39.9 Å². The van der Waals surface area contributed by atoms with Crippen molar-refractivity contribution in [2.24, 2.45) is 10.8 Å². The number of alkyl halides is 3. The molecule has 0 radical (unpaired) electrons. The Balaban J connectivity index is 1.42. The van der Waals surface area contributed by atoms with E-state index in [4.69, 9.17) is 23.7 Å². The maximum atomic E-state index is 14.7. The molecule has 0 bridgehead atoms. The molecule has 2 aliphatic heterocycles. The summed E-state index contributed by atoms with van der Waals surface area (Å²) in [5.41, 5.74) is 4.48. The van der Waals surface area contributed by atoms with Crippen LogP contribution in [0.15, 0.2) is 78.9 Å². The highest BCUT2D eigenvalue weighted by Crippen LogP contribution is 2.68. The Morgan fingerprint density at radius 3 is 1.89 bits per heavy atom. The lowest BCUT2D eigenvalue weighted by Gasteiger charge is -2.52. The molecule has 0 atom stereocenters. The van der Waals surface area contributed by atoms with Gasteiger partial charge in [-0.2, -0.15) is 13.2 Å². The number of hydrogen-bond donors (Lipinski definition) is 0. The van der Waals surface area contributed by atoms with Crippen LogP contribution in [0.1, 0.15) is 85.9 Å². The van der Waals surface area contributed by atoms with E-state index in [1.165, 1.54) is 12.1 Å². The lowest BCUT2D eigenvalue weighted by Crippen LogP contribution is -2.44. The first-order chi connectivity index (χ1) is 26.1. The van der Waals surface area contributed by atoms with Gasteiger partial charge in [0, 0.05) is 44.9 Å². The van der Waals surface area contributed by atoms with Gasteiger partial charge < -0.3 is 23.7 Å². The van der Waals surface area contributed by atoms with Gasteiger partial charge in [0.2, 0.25) is 0 Å². The number of rotatable bonds is 5. The fourth-order valence-corrected chi connectivity index (χ4v) is 11.0. The Hall–Kier alpha value is -5.11. The molecule has 0 N–H and O–H groups in total. The summed E-state index contributed by atoms with van der Waals surface area (Å²) in [6.45, 7) is 9.51. The predicted molar refractivity (Wildman–Crippen MR) is 209 cm³/mol. The number of benzene rings is 5. The van der Waals surface area contributed by atoms with Gasteiger partial charge in [-0.3, -0.25) is 0 Å². The first kappa shape index (κ1) is 35.6. The van der Waals surface area contributed by atoms with Crippen molar-refractivity contribution in [1.82, 2.24) is 0 Å². The number of ether oxygens (including phenoxy) is 5. The normalized spacial score (nSPS) is 19.2. The van der Waals surface area contributed by atoms with Crippen molar-refractivity contribution in [2.75, 3.05) is 27.9 Å². The molecule has 5 nitrogen and oxygen atoms in total. The van der Waals surface area contributed by atoms with Crippen LogP contribution in [0.2, 0.25) is 0 Å². The van der Waals surface area contributed by atoms with Gasteiger partial charge in [-0.25, -0.2) is 0 Å². The topological polar surface area (TPSA) is 46.2 Å². The van der Waals surface area contributed by atoms with Crippen molar-refractivity contribution in [3.05, 3.63) is 118 Å². The second kappa shape index (κ2) is 11.9. The van der Waals surface area contributed by atoms with Crippen molar-refractivity contribution in [1.29, 1.82) is 0 Å². The third-order valence-corrected chi connectivity index (χ3v) is 12.3. The van der Waals surface area contributed by atoms with Crippen LogP contribution in [-0.4, -0.2) is 27.9 Å². The summed E-state index contributed by atoms with van der Waals surface area (Å²) in [6, 6.07) is 22.2. The average Bonchev–Trinajstić information content (AvgIpc) is 3.74. The van der Waals surface area contributed by atoms with Crippen LogP contribution in [0.3, 0.4) is 0 Å². The van der Waals surface area contributed by atoms with Crippen molar-refractivity contribution in [3.63, 3.8) is 0 Å². The summed E-state index contributed by atoms with van der Waals surface area (Å²) in [6.07, 6.45) is 2.73. The molecule has 5 aromatic rings. The summed E-state index contributed by atoms with van der Waals surface area (Å²) in [4.78, 5) is 0. The fraction of sp³-hybridized carbons (Fsp3) is 0.362. The number of halogens is 3. The SMILES string of the molecule is COc1ccc(C2(c3ccc(OC)cc3)C=Cc3c4c(c5c6c(c(OC)cc5c3O2)OCC6)-c2ccc(C(F)(F)F)cc2C42CC(C)(C)CC(C)(C)C2)cc1. The van der Waals surface area contributed by atoms with Gasteiger partial charge in [0.25, 0.3) is 0 Å². The molecule has 2 heterocycles.